The number of rotatable bonds is 5. The van der Waals surface area contributed by atoms with E-state index in [2.05, 4.69) is 37.0 Å². The first-order chi connectivity index (χ1) is 14.2. The predicted octanol–water partition coefficient (Wildman–Crippen LogP) is 3.01. The maximum atomic E-state index is 12.7. The predicted molar refractivity (Wildman–Crippen MR) is 114 cm³/mol. The van der Waals surface area contributed by atoms with Crippen LogP contribution in [-0.2, 0) is 6.42 Å². The van der Waals surface area contributed by atoms with E-state index in [0.717, 1.165) is 55.5 Å². The van der Waals surface area contributed by atoms with Crippen molar-refractivity contribution in [1.82, 2.24) is 15.0 Å². The molecule has 1 aliphatic rings. The molecular formula is C22H24N6O. The molecule has 1 N–H and O–H groups in total. The van der Waals surface area contributed by atoms with Gasteiger partial charge in [-0.15, -0.1) is 0 Å². The van der Waals surface area contributed by atoms with Crippen molar-refractivity contribution in [1.29, 1.82) is 0 Å². The van der Waals surface area contributed by atoms with Crippen LogP contribution in [0.4, 0.5) is 17.3 Å². The Kier molecular flexibility index (Phi) is 5.65. The summed E-state index contributed by atoms with van der Waals surface area (Å²) >= 11 is 0. The van der Waals surface area contributed by atoms with Crippen LogP contribution in [0.2, 0.25) is 0 Å². The monoisotopic (exact) mass is 388 g/mol. The second kappa shape index (κ2) is 8.68. The van der Waals surface area contributed by atoms with Gasteiger partial charge in [-0.2, -0.15) is 0 Å². The summed E-state index contributed by atoms with van der Waals surface area (Å²) in [7, 11) is 0. The third kappa shape index (κ3) is 4.34. The number of carbonyl (C=O) groups is 1. The molecule has 1 aromatic carbocycles. The molecule has 0 unspecified atom stereocenters. The molecule has 0 saturated carbocycles. The fourth-order valence-corrected chi connectivity index (χ4v) is 3.49. The highest BCUT2D eigenvalue weighted by atomic mass is 16.1. The number of amides is 1. The molecule has 4 rings (SSSR count). The fraction of sp³-hybridized carbons (Fsp3) is 0.273. The van der Waals surface area contributed by atoms with E-state index >= 15 is 0 Å². The number of carbonyl (C=O) groups excluding carboxylic acids is 1. The van der Waals surface area contributed by atoms with Gasteiger partial charge in [-0.25, -0.2) is 15.0 Å². The number of para-hydroxylation sites is 1. The lowest BCUT2D eigenvalue weighted by Gasteiger charge is -2.36. The summed E-state index contributed by atoms with van der Waals surface area (Å²) in [6.45, 7) is 5.40. The Bertz CT molecular complexity index is 970. The summed E-state index contributed by atoms with van der Waals surface area (Å²) in [6, 6.07) is 15.5. The number of aryl methyl sites for hydroxylation is 1. The van der Waals surface area contributed by atoms with Gasteiger partial charge in [-0.3, -0.25) is 4.79 Å². The van der Waals surface area contributed by atoms with Crippen molar-refractivity contribution >= 4 is 23.2 Å². The number of hydrogen-bond acceptors (Lipinski definition) is 6. The molecule has 148 valence electrons. The number of nitrogens with zero attached hydrogens (tertiary/aromatic N) is 5. The molecule has 1 amide bonds. The van der Waals surface area contributed by atoms with E-state index in [-0.39, 0.29) is 5.91 Å². The zero-order chi connectivity index (χ0) is 20.1. The van der Waals surface area contributed by atoms with Gasteiger partial charge in [0.1, 0.15) is 23.7 Å². The van der Waals surface area contributed by atoms with Crippen LogP contribution in [-0.4, -0.2) is 47.0 Å². The van der Waals surface area contributed by atoms with Crippen LogP contribution in [0.3, 0.4) is 0 Å². The van der Waals surface area contributed by atoms with Gasteiger partial charge in [0.2, 0.25) is 0 Å². The van der Waals surface area contributed by atoms with E-state index < -0.39 is 0 Å². The van der Waals surface area contributed by atoms with Crippen LogP contribution in [0.1, 0.15) is 23.0 Å². The van der Waals surface area contributed by atoms with Gasteiger partial charge >= 0.3 is 0 Å². The van der Waals surface area contributed by atoms with Crippen LogP contribution < -0.4 is 15.1 Å². The van der Waals surface area contributed by atoms with Crippen LogP contribution in [0.5, 0.6) is 0 Å². The normalized spacial score (nSPS) is 14.0. The lowest BCUT2D eigenvalue weighted by Crippen LogP contribution is -2.47. The van der Waals surface area contributed by atoms with Crippen molar-refractivity contribution in [2.24, 2.45) is 0 Å². The lowest BCUT2D eigenvalue weighted by atomic mass is 10.1. The molecule has 0 bridgehead atoms. The Morgan fingerprint density at radius 3 is 2.38 bits per heavy atom. The van der Waals surface area contributed by atoms with Gasteiger partial charge < -0.3 is 15.1 Å². The van der Waals surface area contributed by atoms with Gasteiger partial charge in [0.05, 0.1) is 0 Å². The second-order valence-electron chi connectivity index (χ2n) is 6.89. The van der Waals surface area contributed by atoms with Gasteiger partial charge in [0.25, 0.3) is 5.91 Å². The summed E-state index contributed by atoms with van der Waals surface area (Å²) in [5, 5.41) is 2.97. The Morgan fingerprint density at radius 1 is 0.931 bits per heavy atom. The first-order valence-electron chi connectivity index (χ1n) is 9.87. The van der Waals surface area contributed by atoms with E-state index in [0.29, 0.717) is 5.69 Å². The molecular weight excluding hydrogens is 364 g/mol. The Balaban J connectivity index is 1.43. The number of piperazine rings is 1. The number of benzene rings is 1. The highest BCUT2D eigenvalue weighted by Crippen LogP contribution is 2.19. The molecule has 3 heterocycles. The molecule has 3 aromatic rings. The van der Waals surface area contributed by atoms with Crippen LogP contribution in [0.15, 0.2) is 61.1 Å². The molecule has 0 spiro atoms. The zero-order valence-electron chi connectivity index (χ0n) is 16.5. The number of anilines is 3. The number of aromatic nitrogens is 3. The third-order valence-corrected chi connectivity index (χ3v) is 5.11. The fourth-order valence-electron chi connectivity index (χ4n) is 3.49. The summed E-state index contributed by atoms with van der Waals surface area (Å²) in [5.41, 5.74) is 2.29. The largest absolute Gasteiger partial charge is 0.353 e. The van der Waals surface area contributed by atoms with Crippen molar-refractivity contribution in [3.63, 3.8) is 0 Å². The van der Waals surface area contributed by atoms with E-state index in [1.54, 1.807) is 6.07 Å². The number of nitrogens with one attached hydrogen (secondary N) is 1. The van der Waals surface area contributed by atoms with Gasteiger partial charge in [0.15, 0.2) is 0 Å². The van der Waals surface area contributed by atoms with E-state index in [1.165, 1.54) is 6.33 Å². The van der Waals surface area contributed by atoms with E-state index in [9.17, 15) is 4.79 Å². The van der Waals surface area contributed by atoms with Gasteiger partial charge in [-0.1, -0.05) is 31.2 Å². The topological polar surface area (TPSA) is 74.2 Å². The average Bonchev–Trinajstić information content (AvgIpc) is 2.80. The molecule has 1 aliphatic heterocycles. The third-order valence-electron chi connectivity index (χ3n) is 5.11. The highest BCUT2D eigenvalue weighted by molar-refractivity contribution is 6.03. The van der Waals surface area contributed by atoms with Crippen molar-refractivity contribution < 1.29 is 4.79 Å². The Hall–Kier alpha value is -3.48. The Labute approximate surface area is 170 Å². The van der Waals surface area contributed by atoms with E-state index in [4.69, 9.17) is 0 Å². The van der Waals surface area contributed by atoms with Crippen molar-refractivity contribution in [3.8, 4) is 0 Å². The molecule has 0 atom stereocenters. The average molecular weight is 388 g/mol. The molecule has 0 radical (unpaired) electrons. The molecule has 1 saturated heterocycles. The van der Waals surface area contributed by atoms with Crippen LogP contribution in [0.25, 0.3) is 0 Å². The van der Waals surface area contributed by atoms with Gasteiger partial charge in [0, 0.05) is 44.1 Å². The molecule has 7 nitrogen and oxygen atoms in total. The first-order valence-corrected chi connectivity index (χ1v) is 9.87. The minimum Gasteiger partial charge on any atom is -0.353 e. The maximum absolute atomic E-state index is 12.7. The summed E-state index contributed by atoms with van der Waals surface area (Å²) in [4.78, 5) is 30.1. The summed E-state index contributed by atoms with van der Waals surface area (Å²) in [6.07, 6.45) is 4.13. The van der Waals surface area contributed by atoms with Crippen molar-refractivity contribution in [2.75, 3.05) is 41.3 Å². The molecule has 0 aliphatic carbocycles. The smallest absolute Gasteiger partial charge is 0.274 e. The zero-order valence-corrected chi connectivity index (χ0v) is 16.5. The quantitative estimate of drug-likeness (QED) is 0.724. The maximum Gasteiger partial charge on any atom is 0.274 e. The van der Waals surface area contributed by atoms with Crippen LogP contribution >= 0.6 is 0 Å². The summed E-state index contributed by atoms with van der Waals surface area (Å²) < 4.78 is 0. The minimum absolute atomic E-state index is 0.221. The molecule has 7 heteroatoms. The first kappa shape index (κ1) is 18.9. The number of pyridine rings is 1. The summed E-state index contributed by atoms with van der Waals surface area (Å²) in [5.74, 6) is 1.54. The number of hydrogen-bond donors (Lipinski definition) is 1. The van der Waals surface area contributed by atoms with Crippen LogP contribution in [0, 0.1) is 0 Å². The second-order valence-corrected chi connectivity index (χ2v) is 6.89. The molecule has 29 heavy (non-hydrogen) atoms. The standard InChI is InChI=1S/C22H24N6O/c1-2-17-7-3-4-8-18(17)26-22(29)19-15-21(25-16-24-19)28-13-11-27(12-14-28)20-9-5-6-10-23-20/h3-10,15-16H,2,11-14H2,1H3,(H,26,29). The van der Waals surface area contributed by atoms with E-state index in [1.807, 2.05) is 48.7 Å². The van der Waals surface area contributed by atoms with Crippen molar-refractivity contribution in [3.05, 3.63) is 72.3 Å². The minimum atomic E-state index is -0.221. The lowest BCUT2D eigenvalue weighted by molar-refractivity contribution is 0.102. The SMILES string of the molecule is CCc1ccccc1NC(=O)c1cc(N2CCN(c3ccccn3)CC2)ncn1. The van der Waals surface area contributed by atoms with Crippen molar-refractivity contribution in [2.45, 2.75) is 13.3 Å². The highest BCUT2D eigenvalue weighted by Gasteiger charge is 2.20. The van der Waals surface area contributed by atoms with Gasteiger partial charge in [-0.05, 0) is 30.2 Å². The molecule has 2 aromatic heterocycles. The molecule has 1 fully saturated rings. The Morgan fingerprint density at radius 2 is 1.66 bits per heavy atom.